The summed E-state index contributed by atoms with van der Waals surface area (Å²) in [6.45, 7) is 2.73. The Morgan fingerprint density at radius 3 is 2.77 bits per heavy atom. The average molecular weight is 315 g/mol. The molecule has 0 fully saturated rings. The Hall–Kier alpha value is -2.34. The van der Waals surface area contributed by atoms with E-state index in [4.69, 9.17) is 0 Å². The predicted molar refractivity (Wildman–Crippen MR) is 88.8 cm³/mol. The van der Waals surface area contributed by atoms with E-state index in [9.17, 15) is 10.2 Å². The molecule has 0 aliphatic rings. The van der Waals surface area contributed by atoms with Gasteiger partial charge < -0.3 is 15.5 Å². The molecule has 3 aromatic rings. The van der Waals surface area contributed by atoms with Gasteiger partial charge in [-0.25, -0.2) is 9.97 Å². The number of benzene rings is 1. The molecule has 0 aliphatic heterocycles. The minimum Gasteiger partial charge on any atom is -0.504 e. The van der Waals surface area contributed by atoms with Gasteiger partial charge in [-0.1, -0.05) is 13.0 Å². The Morgan fingerprint density at radius 1 is 1.14 bits per heavy atom. The number of hydrogen-bond acceptors (Lipinski definition) is 6. The number of aromatic hydroxyl groups is 2. The molecule has 5 nitrogen and oxygen atoms in total. The number of nitrogens with zero attached hydrogens (tertiary/aromatic N) is 2. The molecule has 0 amide bonds. The Kier molecular flexibility index (Phi) is 4.11. The molecule has 0 spiro atoms. The first-order valence-corrected chi connectivity index (χ1v) is 8.04. The van der Waals surface area contributed by atoms with Crippen molar-refractivity contribution in [2.75, 3.05) is 11.9 Å². The molecule has 0 bridgehead atoms. The number of rotatable bonds is 5. The number of aromatic nitrogens is 2. The standard InChI is InChI=1S/C16H17N3O2S/c1-2-14-18-15(11-6-8-22-16(11)19-14)17-7-5-10-3-4-12(20)13(21)9-10/h3-4,6,8-9,20-21H,2,5,7H2,1H3,(H,17,18,19). The molecule has 22 heavy (non-hydrogen) atoms. The van der Waals surface area contributed by atoms with Crippen molar-refractivity contribution in [3.63, 3.8) is 0 Å². The Morgan fingerprint density at radius 2 is 2.00 bits per heavy atom. The van der Waals surface area contributed by atoms with E-state index in [0.717, 1.165) is 40.3 Å². The van der Waals surface area contributed by atoms with Gasteiger partial charge in [0, 0.05) is 13.0 Å². The number of thiophene rings is 1. The maximum Gasteiger partial charge on any atom is 0.157 e. The molecule has 2 heterocycles. The van der Waals surface area contributed by atoms with Crippen LogP contribution in [0.1, 0.15) is 18.3 Å². The number of hydrogen-bond donors (Lipinski definition) is 3. The zero-order valence-electron chi connectivity index (χ0n) is 12.2. The van der Waals surface area contributed by atoms with Crippen molar-refractivity contribution in [3.8, 4) is 11.5 Å². The molecule has 0 aliphatic carbocycles. The largest absolute Gasteiger partial charge is 0.504 e. The van der Waals surface area contributed by atoms with E-state index in [1.54, 1.807) is 23.5 Å². The van der Waals surface area contributed by atoms with E-state index in [-0.39, 0.29) is 11.5 Å². The van der Waals surface area contributed by atoms with Crippen LogP contribution in [0, 0.1) is 0 Å². The molecule has 0 radical (unpaired) electrons. The fourth-order valence-corrected chi connectivity index (χ4v) is 3.02. The van der Waals surface area contributed by atoms with Crippen molar-refractivity contribution in [2.45, 2.75) is 19.8 Å². The number of aryl methyl sites for hydroxylation is 1. The molecular weight excluding hydrogens is 298 g/mol. The molecule has 3 N–H and O–H groups in total. The van der Waals surface area contributed by atoms with Crippen LogP contribution in [-0.2, 0) is 12.8 Å². The second-order valence-electron chi connectivity index (χ2n) is 4.98. The SMILES string of the molecule is CCc1nc(NCCc2ccc(O)c(O)c2)c2ccsc2n1. The van der Waals surface area contributed by atoms with Crippen molar-refractivity contribution in [2.24, 2.45) is 0 Å². The van der Waals surface area contributed by atoms with Crippen molar-refractivity contribution in [1.29, 1.82) is 0 Å². The van der Waals surface area contributed by atoms with Gasteiger partial charge in [-0.2, -0.15) is 0 Å². The summed E-state index contributed by atoms with van der Waals surface area (Å²) < 4.78 is 0. The predicted octanol–water partition coefficient (Wildman–Crippen LogP) is 3.32. The summed E-state index contributed by atoms with van der Waals surface area (Å²) in [5, 5.41) is 25.2. The minimum atomic E-state index is -0.0971. The van der Waals surface area contributed by atoms with Crippen LogP contribution in [0.4, 0.5) is 5.82 Å². The van der Waals surface area contributed by atoms with Crippen LogP contribution in [0.5, 0.6) is 11.5 Å². The van der Waals surface area contributed by atoms with Crippen LogP contribution in [0.15, 0.2) is 29.6 Å². The van der Waals surface area contributed by atoms with Gasteiger partial charge in [-0.05, 0) is 35.6 Å². The van der Waals surface area contributed by atoms with E-state index in [1.807, 2.05) is 18.4 Å². The summed E-state index contributed by atoms with van der Waals surface area (Å²) >= 11 is 1.61. The second-order valence-corrected chi connectivity index (χ2v) is 5.88. The highest BCUT2D eigenvalue weighted by atomic mass is 32.1. The summed E-state index contributed by atoms with van der Waals surface area (Å²) in [6.07, 6.45) is 1.53. The van der Waals surface area contributed by atoms with Crippen LogP contribution < -0.4 is 5.32 Å². The molecule has 2 aromatic heterocycles. The lowest BCUT2D eigenvalue weighted by atomic mass is 10.1. The van der Waals surface area contributed by atoms with Crippen molar-refractivity contribution >= 4 is 27.4 Å². The van der Waals surface area contributed by atoms with Gasteiger partial charge in [0.25, 0.3) is 0 Å². The van der Waals surface area contributed by atoms with E-state index >= 15 is 0 Å². The molecule has 3 rings (SSSR count). The number of phenols is 2. The molecule has 1 aromatic carbocycles. The first-order chi connectivity index (χ1) is 10.7. The normalized spacial score (nSPS) is 11.0. The van der Waals surface area contributed by atoms with Crippen LogP contribution >= 0.6 is 11.3 Å². The summed E-state index contributed by atoms with van der Waals surface area (Å²) in [5.41, 5.74) is 0.953. The molecule has 0 saturated heterocycles. The lowest BCUT2D eigenvalue weighted by Crippen LogP contribution is -2.08. The fraction of sp³-hybridized carbons (Fsp3) is 0.250. The van der Waals surface area contributed by atoms with E-state index in [0.29, 0.717) is 6.54 Å². The number of fused-ring (bicyclic) bond motifs is 1. The van der Waals surface area contributed by atoms with E-state index < -0.39 is 0 Å². The molecule has 0 unspecified atom stereocenters. The highest BCUT2D eigenvalue weighted by Crippen LogP contribution is 2.26. The molecule has 114 valence electrons. The van der Waals surface area contributed by atoms with Gasteiger partial charge in [-0.3, -0.25) is 0 Å². The number of nitrogens with one attached hydrogen (secondary N) is 1. The van der Waals surface area contributed by atoms with Crippen LogP contribution in [0.25, 0.3) is 10.2 Å². The lowest BCUT2D eigenvalue weighted by molar-refractivity contribution is 0.403. The Bertz CT molecular complexity index is 801. The van der Waals surface area contributed by atoms with Crippen LogP contribution in [-0.4, -0.2) is 26.7 Å². The summed E-state index contributed by atoms with van der Waals surface area (Å²) in [7, 11) is 0. The zero-order chi connectivity index (χ0) is 15.5. The molecular formula is C16H17N3O2S. The Balaban J connectivity index is 1.73. The smallest absolute Gasteiger partial charge is 0.157 e. The Labute approximate surface area is 132 Å². The van der Waals surface area contributed by atoms with Crippen molar-refractivity contribution in [1.82, 2.24) is 9.97 Å². The zero-order valence-corrected chi connectivity index (χ0v) is 13.0. The minimum absolute atomic E-state index is 0.0898. The van der Waals surface area contributed by atoms with Gasteiger partial charge in [0.1, 0.15) is 16.5 Å². The molecule has 0 atom stereocenters. The topological polar surface area (TPSA) is 78.3 Å². The van der Waals surface area contributed by atoms with Gasteiger partial charge in [0.2, 0.25) is 0 Å². The first kappa shape index (κ1) is 14.6. The van der Waals surface area contributed by atoms with Crippen molar-refractivity contribution in [3.05, 3.63) is 41.0 Å². The highest BCUT2D eigenvalue weighted by Gasteiger charge is 2.08. The summed E-state index contributed by atoms with van der Waals surface area (Å²) in [4.78, 5) is 10.1. The van der Waals surface area contributed by atoms with Crippen LogP contribution in [0.3, 0.4) is 0 Å². The third-order valence-corrected chi connectivity index (χ3v) is 4.24. The maximum absolute atomic E-state index is 9.51. The quantitative estimate of drug-likeness (QED) is 0.630. The summed E-state index contributed by atoms with van der Waals surface area (Å²) in [6, 6.07) is 6.90. The van der Waals surface area contributed by atoms with E-state index in [1.165, 1.54) is 6.07 Å². The fourth-order valence-electron chi connectivity index (χ4n) is 2.24. The third kappa shape index (κ3) is 2.96. The lowest BCUT2D eigenvalue weighted by Gasteiger charge is -2.09. The number of phenolic OH excluding ortho intramolecular Hbond substituents is 2. The second kappa shape index (κ2) is 6.19. The van der Waals surface area contributed by atoms with Crippen LogP contribution in [0.2, 0.25) is 0 Å². The van der Waals surface area contributed by atoms with E-state index in [2.05, 4.69) is 15.3 Å². The molecule has 6 heteroatoms. The molecule has 0 saturated carbocycles. The number of anilines is 1. The van der Waals surface area contributed by atoms with Crippen molar-refractivity contribution < 1.29 is 10.2 Å². The van der Waals surface area contributed by atoms with Gasteiger partial charge in [0.15, 0.2) is 11.5 Å². The van der Waals surface area contributed by atoms with Gasteiger partial charge >= 0.3 is 0 Å². The highest BCUT2D eigenvalue weighted by molar-refractivity contribution is 7.16. The maximum atomic E-state index is 9.51. The average Bonchev–Trinajstić information content (AvgIpc) is 2.99. The monoisotopic (exact) mass is 315 g/mol. The van der Waals surface area contributed by atoms with Gasteiger partial charge in [0.05, 0.1) is 5.39 Å². The summed E-state index contributed by atoms with van der Waals surface area (Å²) in [5.74, 6) is 1.50. The third-order valence-electron chi connectivity index (χ3n) is 3.43. The first-order valence-electron chi connectivity index (χ1n) is 7.16. The van der Waals surface area contributed by atoms with Gasteiger partial charge in [-0.15, -0.1) is 11.3 Å².